The Hall–Kier alpha value is -1.55. The molecule has 1 heterocycles. The zero-order valence-corrected chi connectivity index (χ0v) is 12.6. The Labute approximate surface area is 118 Å². The average Bonchev–Trinajstić information content (AvgIpc) is 2.30. The van der Waals surface area contributed by atoms with E-state index >= 15 is 0 Å². The molecule has 1 aromatic heterocycles. The molecule has 100 valence electrons. The molecule has 0 fully saturated rings. The van der Waals surface area contributed by atoms with Crippen molar-refractivity contribution in [2.45, 2.75) is 33.4 Å². The summed E-state index contributed by atoms with van der Waals surface area (Å²) in [5.74, 6) is 0.350. The molecular formula is C15H18N2OS. The predicted octanol–water partition coefficient (Wildman–Crippen LogP) is 2.90. The van der Waals surface area contributed by atoms with Crippen molar-refractivity contribution in [1.82, 2.24) is 9.78 Å². The first-order valence-corrected chi connectivity index (χ1v) is 6.86. The number of hydrogen-bond acceptors (Lipinski definition) is 3. The summed E-state index contributed by atoms with van der Waals surface area (Å²) in [7, 11) is 0. The molecule has 0 aliphatic heterocycles. The molecular weight excluding hydrogens is 256 g/mol. The highest BCUT2D eigenvalue weighted by atomic mass is 32.1. The van der Waals surface area contributed by atoms with Crippen molar-refractivity contribution < 1.29 is 0 Å². The maximum Gasteiger partial charge on any atom is 0.204 e. The fraction of sp³-hybridized carbons (Fsp3) is 0.333. The Morgan fingerprint density at radius 2 is 1.68 bits per heavy atom. The van der Waals surface area contributed by atoms with Crippen LogP contribution >= 0.6 is 12.6 Å². The summed E-state index contributed by atoms with van der Waals surface area (Å²) in [6, 6.07) is 5.88. The van der Waals surface area contributed by atoms with E-state index in [0.717, 1.165) is 22.5 Å². The molecule has 0 N–H and O–H groups in total. The first-order chi connectivity index (χ1) is 8.93. The van der Waals surface area contributed by atoms with Crippen molar-refractivity contribution in [3.63, 3.8) is 0 Å². The maximum absolute atomic E-state index is 11.8. The standard InChI is InChI=1S/C15H18N2OS/c1-9-5-10(2)15(11(3)6-9)17-12(4)7-14(18)13(8-19)16-17/h5-7,19H,8H2,1-4H3. The zero-order valence-electron chi connectivity index (χ0n) is 11.7. The summed E-state index contributed by atoms with van der Waals surface area (Å²) in [5.41, 5.74) is 5.85. The number of benzene rings is 1. The van der Waals surface area contributed by atoms with Crippen LogP contribution < -0.4 is 5.43 Å². The van der Waals surface area contributed by atoms with Crippen molar-refractivity contribution in [3.8, 4) is 5.69 Å². The van der Waals surface area contributed by atoms with Crippen LogP contribution in [0.3, 0.4) is 0 Å². The van der Waals surface area contributed by atoms with E-state index in [2.05, 4.69) is 50.6 Å². The summed E-state index contributed by atoms with van der Waals surface area (Å²) in [4.78, 5) is 11.8. The van der Waals surface area contributed by atoms with Gasteiger partial charge in [-0.25, -0.2) is 4.68 Å². The summed E-state index contributed by atoms with van der Waals surface area (Å²) in [6.07, 6.45) is 0. The summed E-state index contributed by atoms with van der Waals surface area (Å²) in [6.45, 7) is 8.11. The summed E-state index contributed by atoms with van der Waals surface area (Å²) >= 11 is 4.17. The van der Waals surface area contributed by atoms with Gasteiger partial charge in [-0.1, -0.05) is 17.7 Å². The molecule has 3 nitrogen and oxygen atoms in total. The monoisotopic (exact) mass is 274 g/mol. The Morgan fingerprint density at radius 1 is 1.11 bits per heavy atom. The number of aryl methyl sites for hydroxylation is 4. The number of aromatic nitrogens is 2. The second-order valence-electron chi connectivity index (χ2n) is 4.91. The van der Waals surface area contributed by atoms with Crippen LogP contribution in [0.25, 0.3) is 5.69 Å². The van der Waals surface area contributed by atoms with Gasteiger partial charge in [-0.05, 0) is 38.8 Å². The van der Waals surface area contributed by atoms with Crippen LogP contribution in [-0.4, -0.2) is 9.78 Å². The lowest BCUT2D eigenvalue weighted by Gasteiger charge is -2.16. The van der Waals surface area contributed by atoms with Crippen molar-refractivity contribution in [1.29, 1.82) is 0 Å². The Morgan fingerprint density at radius 3 is 2.21 bits per heavy atom. The van der Waals surface area contributed by atoms with Crippen molar-refractivity contribution in [2.24, 2.45) is 0 Å². The number of rotatable bonds is 2. The van der Waals surface area contributed by atoms with Gasteiger partial charge in [0.1, 0.15) is 5.69 Å². The van der Waals surface area contributed by atoms with Crippen molar-refractivity contribution in [3.05, 3.63) is 56.5 Å². The minimum atomic E-state index is -0.0498. The van der Waals surface area contributed by atoms with Crippen LogP contribution in [0.2, 0.25) is 0 Å². The minimum Gasteiger partial charge on any atom is -0.288 e. The molecule has 0 saturated heterocycles. The fourth-order valence-electron chi connectivity index (χ4n) is 2.43. The topological polar surface area (TPSA) is 34.9 Å². The molecule has 0 spiro atoms. The predicted molar refractivity (Wildman–Crippen MR) is 81.5 cm³/mol. The van der Waals surface area contributed by atoms with E-state index < -0.39 is 0 Å². The van der Waals surface area contributed by atoms with Crippen LogP contribution in [-0.2, 0) is 5.75 Å². The van der Waals surface area contributed by atoms with E-state index in [0.29, 0.717) is 11.4 Å². The quantitative estimate of drug-likeness (QED) is 0.855. The fourth-order valence-corrected chi connectivity index (χ4v) is 2.64. The number of thiol groups is 1. The van der Waals surface area contributed by atoms with Gasteiger partial charge in [-0.2, -0.15) is 17.7 Å². The third-order valence-electron chi connectivity index (χ3n) is 3.18. The maximum atomic E-state index is 11.8. The molecule has 0 amide bonds. The van der Waals surface area contributed by atoms with Gasteiger partial charge < -0.3 is 0 Å². The van der Waals surface area contributed by atoms with Gasteiger partial charge in [0.05, 0.1) is 5.69 Å². The van der Waals surface area contributed by atoms with Gasteiger partial charge in [-0.3, -0.25) is 4.79 Å². The van der Waals surface area contributed by atoms with Crippen LogP contribution in [0.15, 0.2) is 23.0 Å². The van der Waals surface area contributed by atoms with Gasteiger partial charge in [0, 0.05) is 17.5 Å². The second-order valence-corrected chi connectivity index (χ2v) is 5.23. The third-order valence-corrected chi connectivity index (χ3v) is 3.48. The van der Waals surface area contributed by atoms with Crippen LogP contribution in [0.4, 0.5) is 0 Å². The molecule has 0 aliphatic carbocycles. The highest BCUT2D eigenvalue weighted by molar-refractivity contribution is 7.79. The molecule has 0 aliphatic rings. The largest absolute Gasteiger partial charge is 0.288 e. The van der Waals surface area contributed by atoms with Gasteiger partial charge in [0.25, 0.3) is 0 Å². The van der Waals surface area contributed by atoms with Crippen molar-refractivity contribution in [2.75, 3.05) is 0 Å². The third kappa shape index (κ3) is 2.59. The van der Waals surface area contributed by atoms with E-state index in [1.807, 2.05) is 11.6 Å². The normalized spacial score (nSPS) is 10.8. The molecule has 19 heavy (non-hydrogen) atoms. The second kappa shape index (κ2) is 5.21. The van der Waals surface area contributed by atoms with Gasteiger partial charge in [0.15, 0.2) is 0 Å². The minimum absolute atomic E-state index is 0.0498. The van der Waals surface area contributed by atoms with E-state index in [1.54, 1.807) is 6.07 Å². The van der Waals surface area contributed by atoms with E-state index in [-0.39, 0.29) is 5.43 Å². The smallest absolute Gasteiger partial charge is 0.204 e. The zero-order chi connectivity index (χ0) is 14.2. The molecule has 2 aromatic rings. The molecule has 4 heteroatoms. The molecule has 0 saturated carbocycles. The molecule has 0 bridgehead atoms. The van der Waals surface area contributed by atoms with E-state index in [4.69, 9.17) is 0 Å². The van der Waals surface area contributed by atoms with Crippen LogP contribution in [0.1, 0.15) is 28.1 Å². The Kier molecular flexibility index (Phi) is 3.80. The van der Waals surface area contributed by atoms with Gasteiger partial charge >= 0.3 is 0 Å². The highest BCUT2D eigenvalue weighted by Gasteiger charge is 2.11. The van der Waals surface area contributed by atoms with Gasteiger partial charge in [0.2, 0.25) is 5.43 Å². The molecule has 1 aromatic carbocycles. The summed E-state index contributed by atoms with van der Waals surface area (Å²) in [5, 5.41) is 4.44. The van der Waals surface area contributed by atoms with Crippen LogP contribution in [0, 0.1) is 27.7 Å². The summed E-state index contributed by atoms with van der Waals surface area (Å²) < 4.78 is 1.84. The lowest BCUT2D eigenvalue weighted by molar-refractivity contribution is 0.764. The number of hydrogen-bond donors (Lipinski definition) is 1. The first-order valence-electron chi connectivity index (χ1n) is 6.23. The highest BCUT2D eigenvalue weighted by Crippen LogP contribution is 2.21. The molecule has 2 rings (SSSR count). The van der Waals surface area contributed by atoms with E-state index in [1.165, 1.54) is 5.56 Å². The average molecular weight is 274 g/mol. The molecule has 0 radical (unpaired) electrons. The molecule has 0 atom stereocenters. The lowest BCUT2D eigenvalue weighted by atomic mass is 10.0. The van der Waals surface area contributed by atoms with Crippen LogP contribution in [0.5, 0.6) is 0 Å². The lowest BCUT2D eigenvalue weighted by Crippen LogP contribution is -2.19. The molecule has 0 unspecified atom stereocenters. The van der Waals surface area contributed by atoms with Crippen molar-refractivity contribution >= 4 is 12.6 Å². The Balaban J connectivity index is 2.76. The first kappa shape index (κ1) is 13.9. The van der Waals surface area contributed by atoms with E-state index in [9.17, 15) is 4.79 Å². The Bertz CT molecular complexity index is 666. The van der Waals surface area contributed by atoms with Gasteiger partial charge in [-0.15, -0.1) is 0 Å². The SMILES string of the molecule is Cc1cc(C)c(-n2nc(CS)c(=O)cc2C)c(C)c1. The number of nitrogens with zero attached hydrogens (tertiary/aromatic N) is 2.